The minimum absolute atomic E-state index is 0.0114. The fourth-order valence-corrected chi connectivity index (χ4v) is 1.57. The van der Waals surface area contributed by atoms with E-state index in [-0.39, 0.29) is 25.3 Å². The van der Waals surface area contributed by atoms with Crippen LogP contribution < -0.4 is 22.2 Å². The van der Waals surface area contributed by atoms with Gasteiger partial charge >= 0.3 is 7.60 Å². The third-order valence-electron chi connectivity index (χ3n) is 2.38. The Morgan fingerprint density at radius 3 is 2.48 bits per heavy atom. The van der Waals surface area contributed by atoms with E-state index in [1.54, 1.807) is 5.43 Å². The number of aliphatic imine (C=N–C) groups is 1. The molecule has 1 amide bonds. The van der Waals surface area contributed by atoms with E-state index in [1.165, 1.54) is 0 Å². The average Bonchev–Trinajstić information content (AvgIpc) is 2.30. The molecule has 0 aromatic rings. The molecule has 0 aliphatic heterocycles. The second-order valence-corrected chi connectivity index (χ2v) is 6.11. The quantitative estimate of drug-likeness (QED) is 0.0679. The zero-order valence-corrected chi connectivity index (χ0v) is 12.2. The Morgan fingerprint density at radius 2 is 2.05 bits per heavy atom. The molecule has 0 bridgehead atoms. The van der Waals surface area contributed by atoms with Crippen molar-refractivity contribution in [1.82, 2.24) is 10.7 Å². The lowest BCUT2D eigenvalue weighted by molar-refractivity contribution is -0.548. The van der Waals surface area contributed by atoms with Crippen LogP contribution in [0.1, 0.15) is 19.8 Å². The third kappa shape index (κ3) is 8.78. The second-order valence-electron chi connectivity index (χ2n) is 4.16. The monoisotopic (exact) mass is 326 g/mol. The second kappa shape index (κ2) is 8.39. The Labute approximate surface area is 120 Å². The van der Waals surface area contributed by atoms with E-state index in [2.05, 4.69) is 4.99 Å². The Bertz CT molecular complexity index is 447. The first-order valence-electron chi connectivity index (χ1n) is 5.85. The maximum absolute atomic E-state index is 11.8. The molecule has 2 atom stereocenters. The van der Waals surface area contributed by atoms with Crippen molar-refractivity contribution < 1.29 is 24.2 Å². The van der Waals surface area contributed by atoms with Gasteiger partial charge in [0.2, 0.25) is 5.91 Å². The molecule has 0 heterocycles. The van der Waals surface area contributed by atoms with Crippen LogP contribution in [0.2, 0.25) is 0 Å². The van der Waals surface area contributed by atoms with Crippen molar-refractivity contribution in [1.29, 1.82) is 0 Å². The molecule has 0 saturated heterocycles. The zero-order valence-electron chi connectivity index (χ0n) is 11.3. The molecule has 0 aromatic heterocycles. The van der Waals surface area contributed by atoms with Crippen molar-refractivity contribution in [3.8, 4) is 0 Å². The first-order valence-corrected chi connectivity index (χ1v) is 7.53. The Morgan fingerprint density at radius 1 is 1.48 bits per heavy atom. The number of hydrazine groups is 1. The maximum atomic E-state index is 11.8. The lowest BCUT2D eigenvalue weighted by Crippen LogP contribution is -2.48. The van der Waals surface area contributed by atoms with Gasteiger partial charge in [0.05, 0.1) is 0 Å². The molecule has 21 heavy (non-hydrogen) atoms. The number of hydrogen-bond acceptors (Lipinski definition) is 5. The summed E-state index contributed by atoms with van der Waals surface area (Å²) in [6.45, 7) is 1.26. The molecular formula is C8H19N6O6P. The van der Waals surface area contributed by atoms with Gasteiger partial charge in [-0.1, -0.05) is 0 Å². The highest BCUT2D eigenvalue weighted by atomic mass is 31.2. The van der Waals surface area contributed by atoms with Crippen molar-refractivity contribution in [3.63, 3.8) is 0 Å². The van der Waals surface area contributed by atoms with Crippen molar-refractivity contribution in [2.24, 2.45) is 16.5 Å². The summed E-state index contributed by atoms with van der Waals surface area (Å²) in [5.41, 5.74) is 12.0. The highest BCUT2D eigenvalue weighted by Crippen LogP contribution is 2.39. The summed E-state index contributed by atoms with van der Waals surface area (Å²) >= 11 is 0. The smallest absolute Gasteiger partial charge is 0.347 e. The van der Waals surface area contributed by atoms with E-state index in [0.29, 0.717) is 0 Å². The first-order chi connectivity index (χ1) is 9.54. The molecule has 0 saturated carbocycles. The molecule has 0 aliphatic rings. The summed E-state index contributed by atoms with van der Waals surface area (Å²) in [7, 11) is -4.51. The molecule has 8 N–H and O–H groups in total. The van der Waals surface area contributed by atoms with Crippen LogP contribution in [0.4, 0.5) is 0 Å². The molecule has 0 radical (unpaired) electrons. The number of amides is 1. The number of nitro groups is 1. The van der Waals surface area contributed by atoms with Crippen LogP contribution >= 0.6 is 7.60 Å². The van der Waals surface area contributed by atoms with Gasteiger partial charge in [0.25, 0.3) is 0 Å². The molecule has 13 heteroatoms. The summed E-state index contributed by atoms with van der Waals surface area (Å²) in [4.78, 5) is 43.6. The Balaban J connectivity index is 4.59. The molecule has 0 aromatic carbocycles. The number of nitrogens with one attached hydrogen (secondary N) is 2. The van der Waals surface area contributed by atoms with Gasteiger partial charge in [-0.25, -0.2) is 10.1 Å². The molecule has 0 spiro atoms. The third-order valence-corrected chi connectivity index (χ3v) is 3.52. The number of guanidine groups is 1. The van der Waals surface area contributed by atoms with Crippen LogP contribution in [0.15, 0.2) is 4.99 Å². The van der Waals surface area contributed by atoms with Crippen LogP contribution in [0, 0.1) is 10.1 Å². The van der Waals surface area contributed by atoms with Crippen molar-refractivity contribution in [2.45, 2.75) is 31.6 Å². The summed E-state index contributed by atoms with van der Waals surface area (Å²) < 4.78 is 10.9. The number of nitrogens with zero attached hydrogens (tertiary/aromatic N) is 2. The van der Waals surface area contributed by atoms with Crippen LogP contribution in [0.3, 0.4) is 0 Å². The van der Waals surface area contributed by atoms with Gasteiger partial charge in [-0.05, 0) is 19.8 Å². The average molecular weight is 326 g/mol. The van der Waals surface area contributed by atoms with Crippen molar-refractivity contribution in [2.75, 3.05) is 6.54 Å². The number of hydrogen-bond donors (Lipinski definition) is 6. The topological polar surface area (TPSA) is 206 Å². The molecule has 0 fully saturated rings. The van der Waals surface area contributed by atoms with E-state index in [4.69, 9.17) is 21.3 Å². The van der Waals surface area contributed by atoms with Crippen LogP contribution in [0.25, 0.3) is 0 Å². The molecule has 122 valence electrons. The zero-order chi connectivity index (χ0) is 16.6. The lowest BCUT2D eigenvalue weighted by Gasteiger charge is -2.18. The van der Waals surface area contributed by atoms with E-state index in [0.717, 1.165) is 6.92 Å². The molecule has 12 nitrogen and oxygen atoms in total. The molecule has 0 rings (SSSR count). The highest BCUT2D eigenvalue weighted by Gasteiger charge is 2.30. The van der Waals surface area contributed by atoms with E-state index in [9.17, 15) is 19.5 Å². The van der Waals surface area contributed by atoms with Gasteiger partial charge in [-0.2, -0.15) is 0 Å². The Hall–Kier alpha value is -1.91. The highest BCUT2D eigenvalue weighted by molar-refractivity contribution is 7.52. The van der Waals surface area contributed by atoms with Gasteiger partial charge in [0.1, 0.15) is 5.78 Å². The van der Waals surface area contributed by atoms with Crippen LogP contribution in [-0.4, -0.2) is 45.1 Å². The fraction of sp³-hybridized carbons (Fsp3) is 0.750. The predicted octanol–water partition coefficient (Wildman–Crippen LogP) is -2.17. The van der Waals surface area contributed by atoms with E-state index < -0.39 is 30.4 Å². The van der Waals surface area contributed by atoms with Gasteiger partial charge in [0.15, 0.2) is 17.0 Å². The van der Waals surface area contributed by atoms with Crippen molar-refractivity contribution >= 4 is 19.5 Å². The number of rotatable bonds is 9. The number of nitrogens with two attached hydrogens (primary N) is 2. The number of carbonyl (C=O) groups is 1. The summed E-state index contributed by atoms with van der Waals surface area (Å²) in [5.74, 6) is -2.49. The van der Waals surface area contributed by atoms with E-state index in [1.807, 2.05) is 5.32 Å². The SMILES string of the molecule is C[C@H](NC(=O)[C@H](CCCN=C(N)N)N[N+](=O)[O-])P(=O)(O)O. The molecule has 0 unspecified atom stereocenters. The summed E-state index contributed by atoms with van der Waals surface area (Å²) in [6, 6.07) is -1.26. The summed E-state index contributed by atoms with van der Waals surface area (Å²) in [5, 5.41) is 11.5. The van der Waals surface area contributed by atoms with Gasteiger partial charge < -0.3 is 26.6 Å². The van der Waals surface area contributed by atoms with Crippen LogP contribution in [0.5, 0.6) is 0 Å². The minimum atomic E-state index is -4.51. The predicted molar refractivity (Wildman–Crippen MR) is 73.5 cm³/mol. The fourth-order valence-electron chi connectivity index (χ4n) is 1.28. The van der Waals surface area contributed by atoms with Gasteiger partial charge in [-0.15, -0.1) is 5.43 Å². The standard InChI is InChI=1S/C8H19N6O6P/c1-5(21(18,19)20)12-7(15)6(13-14(16)17)3-2-4-11-8(9)10/h5-6,13H,2-4H2,1H3,(H,12,15)(H4,9,10,11)(H2,18,19,20)/t5-,6+/m1/s1. The summed E-state index contributed by atoms with van der Waals surface area (Å²) in [6.07, 6.45) is 0.276. The van der Waals surface area contributed by atoms with E-state index >= 15 is 0 Å². The van der Waals surface area contributed by atoms with Crippen molar-refractivity contribution in [3.05, 3.63) is 10.1 Å². The normalized spacial score (nSPS) is 13.9. The van der Waals surface area contributed by atoms with Crippen LogP contribution in [-0.2, 0) is 9.36 Å². The van der Waals surface area contributed by atoms with Gasteiger partial charge in [0, 0.05) is 6.54 Å². The lowest BCUT2D eigenvalue weighted by atomic mass is 10.1. The maximum Gasteiger partial charge on any atom is 0.347 e. The first kappa shape index (κ1) is 19.1. The van der Waals surface area contributed by atoms with Gasteiger partial charge in [-0.3, -0.25) is 14.4 Å². The largest absolute Gasteiger partial charge is 0.370 e. The molecular weight excluding hydrogens is 307 g/mol. The Kier molecular flexibility index (Phi) is 7.63. The number of carbonyl (C=O) groups excluding carboxylic acids is 1. The minimum Gasteiger partial charge on any atom is -0.370 e. The molecule has 0 aliphatic carbocycles.